The molecule has 0 saturated carbocycles. The number of aromatic hydroxyl groups is 1. The van der Waals surface area contributed by atoms with Crippen molar-refractivity contribution >= 4 is 26.7 Å². The van der Waals surface area contributed by atoms with Crippen molar-refractivity contribution in [2.45, 2.75) is 0 Å². The van der Waals surface area contributed by atoms with E-state index in [9.17, 15) is 0 Å². The number of rotatable bonds is 0. The summed E-state index contributed by atoms with van der Waals surface area (Å²) in [6.45, 7) is 0. The van der Waals surface area contributed by atoms with Gasteiger partial charge in [-0.25, -0.2) is 0 Å². The molecule has 0 aromatic heterocycles. The molecule has 3 aromatic carbocycles. The molecule has 0 spiro atoms. The Morgan fingerprint density at radius 3 is 1.89 bits per heavy atom. The summed E-state index contributed by atoms with van der Waals surface area (Å²) in [6, 6.07) is 23.3. The minimum Gasteiger partial charge on any atom is -0.508 e. The largest absolute Gasteiger partial charge is 0.508 e. The maximum atomic E-state index is 8.63. The first-order chi connectivity index (χ1) is 8.77. The van der Waals surface area contributed by atoms with Crippen LogP contribution in [0.15, 0.2) is 77.3 Å². The minimum atomic E-state index is 0.322. The summed E-state index contributed by atoms with van der Waals surface area (Å²) in [4.78, 5) is 0. The van der Waals surface area contributed by atoms with E-state index in [4.69, 9.17) is 5.11 Å². The van der Waals surface area contributed by atoms with Gasteiger partial charge in [-0.15, -0.1) is 0 Å². The first kappa shape index (κ1) is 12.7. The van der Waals surface area contributed by atoms with E-state index in [2.05, 4.69) is 46.3 Å². The molecule has 1 N–H and O–H groups in total. The maximum Gasteiger partial charge on any atom is 0.115 e. The van der Waals surface area contributed by atoms with Crippen molar-refractivity contribution in [1.82, 2.24) is 0 Å². The number of phenols is 1. The highest BCUT2D eigenvalue weighted by Crippen LogP contribution is 2.22. The third-order valence-corrected chi connectivity index (χ3v) is 3.18. The first-order valence-corrected chi connectivity index (χ1v) is 6.44. The molecule has 0 bridgehead atoms. The van der Waals surface area contributed by atoms with Gasteiger partial charge in [0.15, 0.2) is 0 Å². The SMILES string of the molecule is Brc1cccc2ccccc12.Oc1ccccc1. The quantitative estimate of drug-likeness (QED) is 0.620. The van der Waals surface area contributed by atoms with E-state index in [0.29, 0.717) is 5.75 Å². The third kappa shape index (κ3) is 3.34. The molecule has 0 atom stereocenters. The molecule has 3 rings (SSSR count). The van der Waals surface area contributed by atoms with E-state index in [1.807, 2.05) is 18.2 Å². The molecule has 0 saturated heterocycles. The van der Waals surface area contributed by atoms with Crippen LogP contribution in [0.1, 0.15) is 0 Å². The number of phenolic OH excluding ortho intramolecular Hbond substituents is 1. The van der Waals surface area contributed by atoms with Crippen LogP contribution in [0.4, 0.5) is 0 Å². The Bertz CT molecular complexity index is 615. The van der Waals surface area contributed by atoms with Gasteiger partial charge in [0.25, 0.3) is 0 Å². The zero-order valence-corrected chi connectivity index (χ0v) is 11.3. The number of benzene rings is 3. The fraction of sp³-hybridized carbons (Fsp3) is 0. The predicted molar refractivity (Wildman–Crippen MR) is 79.8 cm³/mol. The first-order valence-electron chi connectivity index (χ1n) is 5.64. The molecule has 0 unspecified atom stereocenters. The van der Waals surface area contributed by atoms with Crippen LogP contribution in [0.5, 0.6) is 5.75 Å². The summed E-state index contributed by atoms with van der Waals surface area (Å²) in [6.07, 6.45) is 0. The molecule has 0 heterocycles. The highest BCUT2D eigenvalue weighted by molar-refractivity contribution is 9.10. The molecule has 1 nitrogen and oxygen atoms in total. The van der Waals surface area contributed by atoms with Crippen LogP contribution in [0.25, 0.3) is 10.8 Å². The van der Waals surface area contributed by atoms with Crippen LogP contribution < -0.4 is 0 Å². The Morgan fingerprint density at radius 1 is 0.667 bits per heavy atom. The van der Waals surface area contributed by atoms with E-state index in [1.54, 1.807) is 24.3 Å². The Kier molecular flexibility index (Phi) is 4.37. The van der Waals surface area contributed by atoms with E-state index >= 15 is 0 Å². The van der Waals surface area contributed by atoms with Crippen LogP contribution in [0.3, 0.4) is 0 Å². The van der Waals surface area contributed by atoms with Gasteiger partial charge in [-0.2, -0.15) is 0 Å². The molecular weight excluding hydrogens is 288 g/mol. The second-order valence-electron chi connectivity index (χ2n) is 3.80. The highest BCUT2D eigenvalue weighted by Gasteiger charge is 1.93. The fourth-order valence-corrected chi connectivity index (χ4v) is 2.13. The lowest BCUT2D eigenvalue weighted by atomic mass is 10.1. The molecule has 90 valence electrons. The molecule has 0 aliphatic heterocycles. The molecule has 0 fully saturated rings. The van der Waals surface area contributed by atoms with E-state index in [-0.39, 0.29) is 0 Å². The zero-order chi connectivity index (χ0) is 12.8. The highest BCUT2D eigenvalue weighted by atomic mass is 79.9. The number of hydrogen-bond acceptors (Lipinski definition) is 1. The summed E-state index contributed by atoms with van der Waals surface area (Å²) in [5.41, 5.74) is 0. The second-order valence-corrected chi connectivity index (χ2v) is 4.65. The molecule has 3 aromatic rings. The van der Waals surface area contributed by atoms with Gasteiger partial charge < -0.3 is 5.11 Å². The fourth-order valence-electron chi connectivity index (χ4n) is 1.61. The van der Waals surface area contributed by atoms with Crippen molar-refractivity contribution in [2.24, 2.45) is 0 Å². The van der Waals surface area contributed by atoms with Gasteiger partial charge in [-0.1, -0.05) is 70.5 Å². The topological polar surface area (TPSA) is 20.2 Å². The Labute approximate surface area is 115 Å². The minimum absolute atomic E-state index is 0.322. The molecule has 0 aliphatic carbocycles. The average molecular weight is 301 g/mol. The van der Waals surface area contributed by atoms with Gasteiger partial charge in [0.05, 0.1) is 0 Å². The summed E-state index contributed by atoms with van der Waals surface area (Å²) in [5.74, 6) is 0.322. The Morgan fingerprint density at radius 2 is 1.28 bits per heavy atom. The molecule has 0 amide bonds. The van der Waals surface area contributed by atoms with Crippen LogP contribution in [-0.4, -0.2) is 5.11 Å². The van der Waals surface area contributed by atoms with E-state index < -0.39 is 0 Å². The summed E-state index contributed by atoms with van der Waals surface area (Å²) in [7, 11) is 0. The monoisotopic (exact) mass is 300 g/mol. The lowest BCUT2D eigenvalue weighted by molar-refractivity contribution is 0.475. The molecule has 0 radical (unpaired) electrons. The van der Waals surface area contributed by atoms with Crippen LogP contribution in [0, 0.1) is 0 Å². The van der Waals surface area contributed by atoms with Crippen LogP contribution in [-0.2, 0) is 0 Å². The van der Waals surface area contributed by atoms with Crippen molar-refractivity contribution in [3.05, 3.63) is 77.3 Å². The van der Waals surface area contributed by atoms with Gasteiger partial charge in [0.1, 0.15) is 5.75 Å². The number of halogens is 1. The number of para-hydroxylation sites is 1. The summed E-state index contributed by atoms with van der Waals surface area (Å²) in [5, 5.41) is 11.2. The standard InChI is InChI=1S/C10H7Br.C6H6O/c11-10-7-3-5-8-4-1-2-6-9(8)10;7-6-4-2-1-3-5-6/h1-7H;1-5,7H. The summed E-state index contributed by atoms with van der Waals surface area (Å²) >= 11 is 3.50. The van der Waals surface area contributed by atoms with Crippen LogP contribution in [0.2, 0.25) is 0 Å². The summed E-state index contributed by atoms with van der Waals surface area (Å²) < 4.78 is 1.16. The zero-order valence-electron chi connectivity index (χ0n) is 9.75. The van der Waals surface area contributed by atoms with Gasteiger partial charge in [0.2, 0.25) is 0 Å². The van der Waals surface area contributed by atoms with Gasteiger partial charge in [-0.3, -0.25) is 0 Å². The van der Waals surface area contributed by atoms with Crippen molar-refractivity contribution in [1.29, 1.82) is 0 Å². The smallest absolute Gasteiger partial charge is 0.115 e. The second kappa shape index (κ2) is 6.22. The van der Waals surface area contributed by atoms with Crippen LogP contribution >= 0.6 is 15.9 Å². The Balaban J connectivity index is 0.000000149. The third-order valence-electron chi connectivity index (χ3n) is 2.49. The molecule has 2 heteroatoms. The van der Waals surface area contributed by atoms with Crippen molar-refractivity contribution in [3.63, 3.8) is 0 Å². The van der Waals surface area contributed by atoms with E-state index in [0.717, 1.165) is 4.47 Å². The van der Waals surface area contributed by atoms with E-state index in [1.165, 1.54) is 10.8 Å². The average Bonchev–Trinajstić information content (AvgIpc) is 2.41. The molecule has 18 heavy (non-hydrogen) atoms. The normalized spacial score (nSPS) is 9.61. The lowest BCUT2D eigenvalue weighted by Gasteiger charge is -1.97. The predicted octanol–water partition coefficient (Wildman–Crippen LogP) is 4.99. The van der Waals surface area contributed by atoms with Crippen molar-refractivity contribution in [3.8, 4) is 5.75 Å². The van der Waals surface area contributed by atoms with Crippen molar-refractivity contribution < 1.29 is 5.11 Å². The number of fused-ring (bicyclic) bond motifs is 1. The maximum absolute atomic E-state index is 8.63. The van der Waals surface area contributed by atoms with Gasteiger partial charge in [-0.05, 0) is 29.0 Å². The molecular formula is C16H13BrO. The Hall–Kier alpha value is -1.80. The lowest BCUT2D eigenvalue weighted by Crippen LogP contribution is -1.71. The van der Waals surface area contributed by atoms with Gasteiger partial charge >= 0.3 is 0 Å². The number of hydrogen-bond donors (Lipinski definition) is 1. The van der Waals surface area contributed by atoms with Crippen molar-refractivity contribution in [2.75, 3.05) is 0 Å². The molecule has 0 aliphatic rings. The van der Waals surface area contributed by atoms with Gasteiger partial charge in [0, 0.05) is 4.47 Å².